The number of nitrogens with one attached hydrogen (secondary N) is 2. The topological polar surface area (TPSA) is 58.2 Å². The van der Waals surface area contributed by atoms with Gasteiger partial charge in [-0.15, -0.1) is 0 Å². The Morgan fingerprint density at radius 2 is 1.47 bits per heavy atom. The minimum absolute atomic E-state index is 0.00171. The minimum atomic E-state index is -4.52. The van der Waals surface area contributed by atoms with Crippen LogP contribution in [0.2, 0.25) is 0 Å². The predicted octanol–water partition coefficient (Wildman–Crippen LogP) is 4.69. The predicted molar refractivity (Wildman–Crippen MR) is 108 cm³/mol. The van der Waals surface area contributed by atoms with Crippen molar-refractivity contribution in [1.29, 1.82) is 0 Å². The second kappa shape index (κ2) is 9.26. The normalized spacial score (nSPS) is 12.1. The van der Waals surface area contributed by atoms with Crippen LogP contribution in [0.15, 0.2) is 84.9 Å². The van der Waals surface area contributed by atoms with Gasteiger partial charge in [0.25, 0.3) is 5.91 Å². The van der Waals surface area contributed by atoms with Gasteiger partial charge < -0.3 is 10.6 Å². The molecule has 0 heterocycles. The molecule has 3 rings (SSSR count). The van der Waals surface area contributed by atoms with Crippen LogP contribution in [0.1, 0.15) is 21.5 Å². The molecule has 0 saturated heterocycles. The third kappa shape index (κ3) is 5.70. The molecule has 0 fully saturated rings. The fourth-order valence-electron chi connectivity index (χ4n) is 2.89. The highest BCUT2D eigenvalue weighted by molar-refractivity contribution is 6.01. The lowest BCUT2D eigenvalue weighted by Crippen LogP contribution is -2.45. The third-order valence-electron chi connectivity index (χ3n) is 4.40. The molecule has 7 heteroatoms. The Kier molecular flexibility index (Phi) is 6.51. The van der Waals surface area contributed by atoms with Crippen molar-refractivity contribution in [3.05, 3.63) is 102 Å². The van der Waals surface area contributed by atoms with Crippen LogP contribution < -0.4 is 10.6 Å². The first-order chi connectivity index (χ1) is 14.3. The summed E-state index contributed by atoms with van der Waals surface area (Å²) in [5, 5.41) is 5.15. The van der Waals surface area contributed by atoms with Crippen LogP contribution in [0, 0.1) is 0 Å². The van der Waals surface area contributed by atoms with Gasteiger partial charge in [-0.1, -0.05) is 54.6 Å². The summed E-state index contributed by atoms with van der Waals surface area (Å²) < 4.78 is 38.8. The molecule has 0 spiro atoms. The average Bonchev–Trinajstić information content (AvgIpc) is 2.74. The number of halogens is 3. The maximum absolute atomic E-state index is 12.9. The largest absolute Gasteiger partial charge is 0.416 e. The van der Waals surface area contributed by atoms with E-state index in [1.165, 1.54) is 12.1 Å². The quantitative estimate of drug-likeness (QED) is 0.617. The first-order valence-corrected chi connectivity index (χ1v) is 9.21. The van der Waals surface area contributed by atoms with Gasteiger partial charge in [-0.05, 0) is 35.9 Å². The molecule has 2 amide bonds. The van der Waals surface area contributed by atoms with Gasteiger partial charge in [0.2, 0.25) is 5.91 Å². The van der Waals surface area contributed by atoms with E-state index in [0.29, 0.717) is 5.56 Å². The van der Waals surface area contributed by atoms with Gasteiger partial charge in [0.1, 0.15) is 6.04 Å². The molecule has 3 aromatic rings. The van der Waals surface area contributed by atoms with Crippen molar-refractivity contribution in [3.8, 4) is 0 Å². The maximum atomic E-state index is 12.9. The van der Waals surface area contributed by atoms with E-state index in [1.807, 2.05) is 6.07 Å². The van der Waals surface area contributed by atoms with E-state index in [2.05, 4.69) is 10.6 Å². The lowest BCUT2D eigenvalue weighted by molar-refractivity contribution is -0.137. The molecule has 4 nitrogen and oxygen atoms in total. The van der Waals surface area contributed by atoms with Gasteiger partial charge in [-0.3, -0.25) is 9.59 Å². The summed E-state index contributed by atoms with van der Waals surface area (Å²) >= 11 is 0. The summed E-state index contributed by atoms with van der Waals surface area (Å²) in [7, 11) is 0. The van der Waals surface area contributed by atoms with Gasteiger partial charge >= 0.3 is 6.18 Å². The number of anilines is 1. The number of carbonyl (C=O) groups excluding carboxylic acids is 2. The maximum Gasteiger partial charge on any atom is 0.416 e. The molecule has 0 aliphatic heterocycles. The highest BCUT2D eigenvalue weighted by atomic mass is 19.4. The van der Waals surface area contributed by atoms with Crippen molar-refractivity contribution in [2.24, 2.45) is 0 Å². The van der Waals surface area contributed by atoms with Crippen LogP contribution in [-0.4, -0.2) is 17.9 Å². The van der Waals surface area contributed by atoms with Crippen LogP contribution in [-0.2, 0) is 17.4 Å². The zero-order valence-electron chi connectivity index (χ0n) is 15.8. The third-order valence-corrected chi connectivity index (χ3v) is 4.40. The van der Waals surface area contributed by atoms with Crippen LogP contribution in [0.4, 0.5) is 18.9 Å². The lowest BCUT2D eigenvalue weighted by Gasteiger charge is -2.19. The molecular formula is C23H19F3N2O2. The summed E-state index contributed by atoms with van der Waals surface area (Å²) in [6, 6.07) is 20.8. The number of amides is 2. The van der Waals surface area contributed by atoms with Gasteiger partial charge in [-0.25, -0.2) is 0 Å². The van der Waals surface area contributed by atoms with E-state index in [1.54, 1.807) is 54.6 Å². The highest BCUT2D eigenvalue weighted by Gasteiger charge is 2.31. The molecule has 0 aliphatic carbocycles. The van der Waals surface area contributed by atoms with Crippen LogP contribution in [0.25, 0.3) is 0 Å². The minimum Gasteiger partial charge on any atom is -0.340 e. The summed E-state index contributed by atoms with van der Waals surface area (Å²) in [6.07, 6.45) is -4.34. The molecule has 0 aromatic heterocycles. The molecule has 30 heavy (non-hydrogen) atoms. The zero-order chi connectivity index (χ0) is 21.6. The number of hydrogen-bond acceptors (Lipinski definition) is 2. The Morgan fingerprint density at radius 3 is 2.10 bits per heavy atom. The standard InChI is InChI=1S/C23H19F3N2O2/c24-23(25,26)18-12-7-13-19(15-18)27-22(30)20(14-16-8-3-1-4-9-16)28-21(29)17-10-5-2-6-11-17/h1-13,15,20H,14H2,(H,27,30)(H,28,29)/t20-/m1/s1. The number of rotatable bonds is 6. The first kappa shape index (κ1) is 21.1. The Balaban J connectivity index is 1.80. The van der Waals surface area contributed by atoms with Gasteiger partial charge in [0.05, 0.1) is 5.56 Å². The van der Waals surface area contributed by atoms with Crippen LogP contribution >= 0.6 is 0 Å². The van der Waals surface area contributed by atoms with Crippen molar-refractivity contribution in [1.82, 2.24) is 5.32 Å². The summed E-state index contributed by atoms with van der Waals surface area (Å²) in [5.41, 5.74) is 0.313. The molecule has 0 radical (unpaired) electrons. The average molecular weight is 412 g/mol. The van der Waals surface area contributed by atoms with Gasteiger partial charge in [0.15, 0.2) is 0 Å². The molecule has 0 unspecified atom stereocenters. The van der Waals surface area contributed by atoms with Gasteiger partial charge in [0, 0.05) is 17.7 Å². The van der Waals surface area contributed by atoms with Gasteiger partial charge in [-0.2, -0.15) is 13.2 Å². The molecule has 1 atom stereocenters. The van der Waals surface area contributed by atoms with Crippen molar-refractivity contribution in [2.45, 2.75) is 18.6 Å². The Labute approximate surface area is 171 Å². The molecule has 0 saturated carbocycles. The van der Waals surface area contributed by atoms with Crippen LogP contribution in [0.5, 0.6) is 0 Å². The monoisotopic (exact) mass is 412 g/mol. The number of carbonyl (C=O) groups is 2. The second-order valence-corrected chi connectivity index (χ2v) is 6.65. The zero-order valence-corrected chi connectivity index (χ0v) is 15.8. The molecule has 2 N–H and O–H groups in total. The Bertz CT molecular complexity index is 1010. The molecular weight excluding hydrogens is 393 g/mol. The van der Waals surface area contributed by atoms with E-state index in [9.17, 15) is 22.8 Å². The number of benzene rings is 3. The lowest BCUT2D eigenvalue weighted by atomic mass is 10.0. The van der Waals surface area contributed by atoms with E-state index in [4.69, 9.17) is 0 Å². The van der Waals surface area contributed by atoms with Crippen molar-refractivity contribution in [3.63, 3.8) is 0 Å². The molecule has 0 aliphatic rings. The molecule has 3 aromatic carbocycles. The highest BCUT2D eigenvalue weighted by Crippen LogP contribution is 2.30. The second-order valence-electron chi connectivity index (χ2n) is 6.65. The van der Waals surface area contributed by atoms with Crippen molar-refractivity contribution in [2.75, 3.05) is 5.32 Å². The Hall–Kier alpha value is -3.61. The van der Waals surface area contributed by atoms with E-state index >= 15 is 0 Å². The number of alkyl halides is 3. The SMILES string of the molecule is O=C(N[C@H](Cc1ccccc1)C(=O)Nc1cccc(C(F)(F)F)c1)c1ccccc1. The summed E-state index contributed by atoms with van der Waals surface area (Å²) in [5.74, 6) is -1.06. The number of hydrogen-bond donors (Lipinski definition) is 2. The van der Waals surface area contributed by atoms with E-state index in [0.717, 1.165) is 17.7 Å². The summed E-state index contributed by atoms with van der Waals surface area (Å²) in [4.78, 5) is 25.4. The Morgan fingerprint density at radius 1 is 0.833 bits per heavy atom. The van der Waals surface area contributed by atoms with Crippen molar-refractivity contribution >= 4 is 17.5 Å². The fraction of sp³-hybridized carbons (Fsp3) is 0.130. The smallest absolute Gasteiger partial charge is 0.340 e. The van der Waals surface area contributed by atoms with Crippen molar-refractivity contribution < 1.29 is 22.8 Å². The molecule has 154 valence electrons. The first-order valence-electron chi connectivity index (χ1n) is 9.21. The molecule has 0 bridgehead atoms. The van der Waals surface area contributed by atoms with E-state index < -0.39 is 29.6 Å². The van der Waals surface area contributed by atoms with E-state index in [-0.39, 0.29) is 12.1 Å². The summed E-state index contributed by atoms with van der Waals surface area (Å²) in [6.45, 7) is 0. The van der Waals surface area contributed by atoms with Crippen LogP contribution in [0.3, 0.4) is 0 Å². The fourth-order valence-corrected chi connectivity index (χ4v) is 2.89.